The highest BCUT2D eigenvalue weighted by Crippen LogP contribution is 2.45. The van der Waals surface area contributed by atoms with Crippen molar-refractivity contribution >= 4 is 17.6 Å². The molecular formula is C28H33F5N8O2. The molecule has 43 heavy (non-hydrogen) atoms. The molecule has 3 saturated carbocycles. The van der Waals surface area contributed by atoms with E-state index < -0.39 is 48.7 Å². The molecule has 3 N–H and O–H groups in total. The molecule has 0 aromatic carbocycles. The molecule has 232 valence electrons. The number of nitrogens with two attached hydrogens (primary N) is 1. The highest BCUT2D eigenvalue weighted by molar-refractivity contribution is 5.92. The van der Waals surface area contributed by atoms with Crippen LogP contribution < -0.4 is 11.1 Å². The predicted molar refractivity (Wildman–Crippen MR) is 142 cm³/mol. The van der Waals surface area contributed by atoms with Crippen molar-refractivity contribution in [1.29, 1.82) is 0 Å². The summed E-state index contributed by atoms with van der Waals surface area (Å²) >= 11 is 0. The molecule has 10 nitrogen and oxygen atoms in total. The van der Waals surface area contributed by atoms with Crippen LogP contribution in [0.15, 0.2) is 18.5 Å². The zero-order valence-electron chi connectivity index (χ0n) is 23.4. The summed E-state index contributed by atoms with van der Waals surface area (Å²) in [6, 6.07) is 1.12. The van der Waals surface area contributed by atoms with Gasteiger partial charge in [0.25, 0.3) is 5.91 Å². The van der Waals surface area contributed by atoms with Crippen molar-refractivity contribution in [3.8, 4) is 0 Å². The van der Waals surface area contributed by atoms with E-state index in [-0.39, 0.29) is 49.0 Å². The Labute approximate surface area is 243 Å². The maximum atomic E-state index is 14.1. The van der Waals surface area contributed by atoms with Crippen molar-refractivity contribution in [2.45, 2.75) is 94.8 Å². The molecule has 0 unspecified atom stereocenters. The van der Waals surface area contributed by atoms with Crippen LogP contribution in [0.1, 0.15) is 104 Å². The summed E-state index contributed by atoms with van der Waals surface area (Å²) in [5, 5.41) is 11.7. The molecule has 0 aliphatic heterocycles. The molecule has 0 saturated heterocycles. The van der Waals surface area contributed by atoms with Crippen LogP contribution >= 0.6 is 0 Å². The van der Waals surface area contributed by atoms with Crippen LogP contribution in [0.4, 0.5) is 22.0 Å². The predicted octanol–water partition coefficient (Wildman–Crippen LogP) is 4.70. The molecule has 3 aromatic rings. The molecule has 0 radical (unpaired) electrons. The lowest BCUT2D eigenvalue weighted by molar-refractivity contribution is -0.144. The minimum Gasteiger partial charge on any atom is -0.364 e. The van der Waals surface area contributed by atoms with E-state index >= 15 is 0 Å². The number of nitrogens with one attached hydrogen (secondary N) is 1. The largest absolute Gasteiger partial charge is 0.389 e. The molecule has 3 aromatic heterocycles. The first-order chi connectivity index (χ1) is 20.3. The van der Waals surface area contributed by atoms with Gasteiger partial charge in [0.1, 0.15) is 5.69 Å². The molecule has 3 aliphatic rings. The third-order valence-electron chi connectivity index (χ3n) is 8.61. The number of fused-ring (bicyclic) bond motifs is 1. The third-order valence-corrected chi connectivity index (χ3v) is 8.61. The summed E-state index contributed by atoms with van der Waals surface area (Å²) in [6.07, 6.45) is 0.535. The molecule has 15 heteroatoms. The summed E-state index contributed by atoms with van der Waals surface area (Å²) < 4.78 is 67.8. The number of nitrogens with zero attached hydrogens (tertiary/aromatic N) is 6. The fraction of sp³-hybridized carbons (Fsp3) is 0.643. The summed E-state index contributed by atoms with van der Waals surface area (Å²) in [5.74, 6) is -4.45. The molecule has 3 aliphatic carbocycles. The second kappa shape index (κ2) is 11.1. The normalized spacial score (nSPS) is 20.7. The van der Waals surface area contributed by atoms with Gasteiger partial charge in [0.05, 0.1) is 36.3 Å². The first-order valence-corrected chi connectivity index (χ1v) is 14.7. The molecule has 3 heterocycles. The van der Waals surface area contributed by atoms with Crippen LogP contribution in [0.5, 0.6) is 0 Å². The molecule has 2 atom stereocenters. The van der Waals surface area contributed by atoms with Crippen molar-refractivity contribution in [3.05, 3.63) is 41.2 Å². The number of aromatic nitrogens is 6. The lowest BCUT2D eigenvalue weighted by Crippen LogP contribution is -2.31. The Morgan fingerprint density at radius 2 is 1.72 bits per heavy atom. The number of rotatable bonds is 11. The number of carbonyl (C=O) groups is 2. The van der Waals surface area contributed by atoms with Crippen LogP contribution in [0.3, 0.4) is 0 Å². The highest BCUT2D eigenvalue weighted by atomic mass is 19.4. The van der Waals surface area contributed by atoms with Crippen LogP contribution in [0.25, 0.3) is 5.78 Å². The van der Waals surface area contributed by atoms with Gasteiger partial charge in [-0.2, -0.15) is 23.1 Å². The van der Waals surface area contributed by atoms with Gasteiger partial charge in [-0.25, -0.2) is 18.7 Å². The van der Waals surface area contributed by atoms with Crippen molar-refractivity contribution in [1.82, 2.24) is 34.7 Å². The molecule has 0 bridgehead atoms. The second-order valence-corrected chi connectivity index (χ2v) is 12.2. The zero-order chi connectivity index (χ0) is 30.5. The summed E-state index contributed by atoms with van der Waals surface area (Å²) in [5.41, 5.74) is 6.93. The van der Waals surface area contributed by atoms with E-state index in [1.165, 1.54) is 4.80 Å². The van der Waals surface area contributed by atoms with Crippen LogP contribution in [0, 0.1) is 17.8 Å². The van der Waals surface area contributed by atoms with E-state index in [1.54, 1.807) is 22.9 Å². The smallest absolute Gasteiger partial charge is 0.364 e. The van der Waals surface area contributed by atoms with E-state index in [4.69, 9.17) is 10.7 Å². The Bertz CT molecular complexity index is 1500. The van der Waals surface area contributed by atoms with Gasteiger partial charge in [-0.3, -0.25) is 14.0 Å². The van der Waals surface area contributed by atoms with Crippen molar-refractivity contribution < 1.29 is 31.5 Å². The van der Waals surface area contributed by atoms with Gasteiger partial charge in [-0.15, -0.1) is 5.10 Å². The minimum atomic E-state index is -4.43. The SMILES string of the molecule is NC(=O)c1nn(CC2CC2)nc1[C@H](c1cn2ccc([C@@H](NC(=O)CCC(F)(F)F)C3CC3)nc2n1)C1CCC(F)(F)CC1. The Balaban J connectivity index is 1.32. The van der Waals surface area contributed by atoms with Gasteiger partial charge in [0, 0.05) is 31.7 Å². The van der Waals surface area contributed by atoms with Gasteiger partial charge in [0.2, 0.25) is 17.6 Å². The Morgan fingerprint density at radius 1 is 1.02 bits per heavy atom. The second-order valence-electron chi connectivity index (χ2n) is 12.2. The zero-order valence-corrected chi connectivity index (χ0v) is 23.4. The fourth-order valence-corrected chi connectivity index (χ4v) is 5.95. The van der Waals surface area contributed by atoms with Gasteiger partial charge in [-0.1, -0.05) is 0 Å². The molecule has 2 amide bonds. The molecule has 0 spiro atoms. The summed E-state index contributed by atoms with van der Waals surface area (Å²) in [6.45, 7) is 0.531. The van der Waals surface area contributed by atoms with E-state index in [0.29, 0.717) is 29.5 Å². The monoisotopic (exact) mass is 608 g/mol. The van der Waals surface area contributed by atoms with E-state index in [2.05, 4.69) is 20.5 Å². The molecule has 6 rings (SSSR count). The van der Waals surface area contributed by atoms with Gasteiger partial charge in [-0.05, 0) is 62.3 Å². The molecule has 3 fully saturated rings. The van der Waals surface area contributed by atoms with Gasteiger partial charge < -0.3 is 11.1 Å². The third kappa shape index (κ3) is 6.96. The fourth-order valence-electron chi connectivity index (χ4n) is 5.95. The van der Waals surface area contributed by atoms with E-state index in [1.807, 2.05) is 0 Å². The minimum absolute atomic E-state index is 0.0101. The Morgan fingerprint density at radius 3 is 2.35 bits per heavy atom. The number of primary amides is 1. The average Bonchev–Trinajstić information content (AvgIpc) is 3.86. The van der Waals surface area contributed by atoms with Crippen LogP contribution in [-0.4, -0.2) is 53.3 Å². The summed E-state index contributed by atoms with van der Waals surface area (Å²) in [7, 11) is 0. The maximum Gasteiger partial charge on any atom is 0.389 e. The number of imidazole rings is 1. The first kappa shape index (κ1) is 29.4. The van der Waals surface area contributed by atoms with Crippen LogP contribution in [-0.2, 0) is 11.3 Å². The van der Waals surface area contributed by atoms with Crippen molar-refractivity contribution in [3.63, 3.8) is 0 Å². The van der Waals surface area contributed by atoms with Gasteiger partial charge in [0.15, 0.2) is 5.69 Å². The number of halogens is 5. The number of carbonyl (C=O) groups excluding carboxylic acids is 2. The number of amides is 2. The molecular weight excluding hydrogens is 575 g/mol. The number of hydrogen-bond donors (Lipinski definition) is 2. The Hall–Kier alpha value is -3.65. The maximum absolute atomic E-state index is 14.1. The lowest BCUT2D eigenvalue weighted by Gasteiger charge is -2.32. The average molecular weight is 609 g/mol. The highest BCUT2D eigenvalue weighted by Gasteiger charge is 2.42. The topological polar surface area (TPSA) is 133 Å². The Kier molecular flexibility index (Phi) is 7.61. The van der Waals surface area contributed by atoms with E-state index in [9.17, 15) is 31.5 Å². The lowest BCUT2D eigenvalue weighted by atomic mass is 9.75. The first-order valence-electron chi connectivity index (χ1n) is 14.7. The number of hydrogen-bond acceptors (Lipinski definition) is 6. The van der Waals surface area contributed by atoms with Gasteiger partial charge >= 0.3 is 6.18 Å². The number of alkyl halides is 5. The quantitative estimate of drug-likeness (QED) is 0.304. The standard InChI is InChI=1S/C28H33F5N8O2/c29-27(30)9-5-16(6-10-27)21(23-24(25(34)43)39-41(38-23)13-15-1-2-15)19-14-40-12-8-18(35-26(40)36-19)22(17-3-4-17)37-20(42)7-11-28(31,32)33/h8,12,14-17,21-22H,1-7,9-11,13H2,(H2,34,43)(H,37,42)/t21-,22-/m0/s1. The van der Waals surface area contributed by atoms with E-state index in [0.717, 1.165) is 25.7 Å². The summed E-state index contributed by atoms with van der Waals surface area (Å²) in [4.78, 5) is 35.6. The van der Waals surface area contributed by atoms with Crippen LogP contribution in [0.2, 0.25) is 0 Å². The van der Waals surface area contributed by atoms with Crippen molar-refractivity contribution in [2.24, 2.45) is 23.5 Å². The van der Waals surface area contributed by atoms with Crippen molar-refractivity contribution in [2.75, 3.05) is 0 Å².